The van der Waals surface area contributed by atoms with Crippen LogP contribution in [-0.2, 0) is 6.42 Å². The van der Waals surface area contributed by atoms with Crippen molar-refractivity contribution in [2.24, 2.45) is 10.9 Å². The molecule has 1 saturated carbocycles. The average Bonchev–Trinajstić information content (AvgIpc) is 3.22. The van der Waals surface area contributed by atoms with E-state index in [0.717, 1.165) is 31.4 Å². The fourth-order valence-electron chi connectivity index (χ4n) is 1.99. The standard InChI is InChI=1S/C15H23N3.HI/c1-16-15(18-12-10-14-7-8-14)17-11-9-13-5-3-2-4-6-13;/h2-6,14H,7-12H2,1H3,(H2,16,17,18);1H. The van der Waals surface area contributed by atoms with E-state index in [4.69, 9.17) is 0 Å². The van der Waals surface area contributed by atoms with Crippen LogP contribution in [0.2, 0.25) is 0 Å². The van der Waals surface area contributed by atoms with Gasteiger partial charge in [-0.05, 0) is 24.3 Å². The molecular weight excluding hydrogens is 349 g/mol. The summed E-state index contributed by atoms with van der Waals surface area (Å²) in [4.78, 5) is 4.23. The second kappa shape index (κ2) is 9.18. The van der Waals surface area contributed by atoms with E-state index in [1.807, 2.05) is 7.05 Å². The monoisotopic (exact) mass is 373 g/mol. The molecule has 0 atom stereocenters. The van der Waals surface area contributed by atoms with Crippen molar-refractivity contribution >= 4 is 29.9 Å². The summed E-state index contributed by atoms with van der Waals surface area (Å²) in [7, 11) is 1.83. The minimum absolute atomic E-state index is 0. The Balaban J connectivity index is 0.00000180. The largest absolute Gasteiger partial charge is 0.356 e. The molecule has 1 aliphatic carbocycles. The summed E-state index contributed by atoms with van der Waals surface area (Å²) in [6.45, 7) is 1.96. The second-order valence-corrected chi connectivity index (χ2v) is 4.89. The SMILES string of the molecule is CN=C(NCCc1ccccc1)NCCC1CC1.I. The quantitative estimate of drug-likeness (QED) is 0.457. The molecule has 0 aliphatic heterocycles. The fourth-order valence-corrected chi connectivity index (χ4v) is 1.99. The first-order valence-corrected chi connectivity index (χ1v) is 6.87. The molecule has 1 aromatic carbocycles. The number of halogens is 1. The smallest absolute Gasteiger partial charge is 0.190 e. The first-order chi connectivity index (χ1) is 8.88. The summed E-state index contributed by atoms with van der Waals surface area (Å²) in [5.41, 5.74) is 1.36. The average molecular weight is 373 g/mol. The predicted molar refractivity (Wildman–Crippen MR) is 92.3 cm³/mol. The summed E-state index contributed by atoms with van der Waals surface area (Å²) in [5, 5.41) is 6.72. The summed E-state index contributed by atoms with van der Waals surface area (Å²) < 4.78 is 0. The van der Waals surface area contributed by atoms with Crippen LogP contribution in [0, 0.1) is 5.92 Å². The predicted octanol–water partition coefficient (Wildman–Crippen LogP) is 2.81. The molecule has 0 bridgehead atoms. The van der Waals surface area contributed by atoms with Gasteiger partial charge in [0.05, 0.1) is 0 Å². The van der Waals surface area contributed by atoms with Gasteiger partial charge < -0.3 is 10.6 Å². The van der Waals surface area contributed by atoms with Gasteiger partial charge in [0.15, 0.2) is 5.96 Å². The third kappa shape index (κ3) is 6.80. The van der Waals surface area contributed by atoms with E-state index in [9.17, 15) is 0 Å². The normalized spacial score (nSPS) is 14.7. The molecule has 3 nitrogen and oxygen atoms in total. The van der Waals surface area contributed by atoms with E-state index in [-0.39, 0.29) is 24.0 Å². The minimum atomic E-state index is 0. The van der Waals surface area contributed by atoms with Gasteiger partial charge >= 0.3 is 0 Å². The van der Waals surface area contributed by atoms with E-state index in [1.165, 1.54) is 24.8 Å². The topological polar surface area (TPSA) is 36.4 Å². The van der Waals surface area contributed by atoms with Crippen molar-refractivity contribution < 1.29 is 0 Å². The van der Waals surface area contributed by atoms with Crippen LogP contribution >= 0.6 is 24.0 Å². The molecule has 0 unspecified atom stereocenters. The van der Waals surface area contributed by atoms with E-state index in [2.05, 4.69) is 46.0 Å². The van der Waals surface area contributed by atoms with E-state index in [1.54, 1.807) is 0 Å². The molecule has 0 radical (unpaired) electrons. The Morgan fingerprint density at radius 1 is 1.16 bits per heavy atom. The third-order valence-electron chi connectivity index (χ3n) is 3.31. The highest BCUT2D eigenvalue weighted by atomic mass is 127. The number of nitrogens with zero attached hydrogens (tertiary/aromatic N) is 1. The van der Waals surface area contributed by atoms with Crippen LogP contribution in [0.1, 0.15) is 24.8 Å². The van der Waals surface area contributed by atoms with Gasteiger partial charge in [0.25, 0.3) is 0 Å². The van der Waals surface area contributed by atoms with Crippen LogP contribution in [0.3, 0.4) is 0 Å². The molecule has 0 saturated heterocycles. The van der Waals surface area contributed by atoms with Crippen molar-refractivity contribution in [2.75, 3.05) is 20.1 Å². The van der Waals surface area contributed by atoms with Crippen LogP contribution in [0.25, 0.3) is 0 Å². The molecule has 1 aliphatic rings. The van der Waals surface area contributed by atoms with E-state index in [0.29, 0.717) is 0 Å². The number of benzene rings is 1. The molecule has 1 aromatic rings. The van der Waals surface area contributed by atoms with Crippen LogP contribution in [0.15, 0.2) is 35.3 Å². The summed E-state index contributed by atoms with van der Waals surface area (Å²) in [5.74, 6) is 1.89. The molecule has 0 aromatic heterocycles. The molecule has 4 heteroatoms. The fraction of sp³-hybridized carbons (Fsp3) is 0.533. The van der Waals surface area contributed by atoms with E-state index < -0.39 is 0 Å². The van der Waals surface area contributed by atoms with Gasteiger partial charge in [-0.15, -0.1) is 24.0 Å². The molecule has 2 rings (SSSR count). The number of rotatable bonds is 6. The number of guanidine groups is 1. The van der Waals surface area contributed by atoms with Crippen molar-refractivity contribution in [2.45, 2.75) is 25.7 Å². The Labute approximate surface area is 133 Å². The van der Waals surface area contributed by atoms with Crippen molar-refractivity contribution in [1.29, 1.82) is 0 Å². The Kier molecular flexibility index (Phi) is 7.86. The van der Waals surface area contributed by atoms with Gasteiger partial charge in [-0.3, -0.25) is 4.99 Å². The molecule has 2 N–H and O–H groups in total. The zero-order chi connectivity index (χ0) is 12.6. The lowest BCUT2D eigenvalue weighted by atomic mass is 10.1. The lowest BCUT2D eigenvalue weighted by Gasteiger charge is -2.11. The molecule has 1 fully saturated rings. The molecule has 0 amide bonds. The summed E-state index contributed by atoms with van der Waals surface area (Å²) >= 11 is 0. The molecule has 0 heterocycles. The Morgan fingerprint density at radius 3 is 2.47 bits per heavy atom. The summed E-state index contributed by atoms with van der Waals surface area (Å²) in [6.07, 6.45) is 5.15. The molecule has 106 valence electrons. The van der Waals surface area contributed by atoms with Crippen LogP contribution in [0.5, 0.6) is 0 Å². The van der Waals surface area contributed by atoms with Gasteiger partial charge in [-0.25, -0.2) is 0 Å². The van der Waals surface area contributed by atoms with Crippen molar-refractivity contribution in [3.05, 3.63) is 35.9 Å². The Morgan fingerprint density at radius 2 is 1.84 bits per heavy atom. The van der Waals surface area contributed by atoms with Crippen molar-refractivity contribution in [3.8, 4) is 0 Å². The Bertz CT molecular complexity index is 374. The van der Waals surface area contributed by atoms with Crippen LogP contribution in [0.4, 0.5) is 0 Å². The van der Waals surface area contributed by atoms with E-state index >= 15 is 0 Å². The Hall–Kier alpha value is -0.780. The third-order valence-corrected chi connectivity index (χ3v) is 3.31. The summed E-state index contributed by atoms with van der Waals surface area (Å²) in [6, 6.07) is 10.5. The number of nitrogens with one attached hydrogen (secondary N) is 2. The van der Waals surface area contributed by atoms with Crippen LogP contribution < -0.4 is 10.6 Å². The first kappa shape index (κ1) is 16.3. The maximum Gasteiger partial charge on any atom is 0.190 e. The molecule has 0 spiro atoms. The number of hydrogen-bond donors (Lipinski definition) is 2. The second-order valence-electron chi connectivity index (χ2n) is 4.89. The highest BCUT2D eigenvalue weighted by molar-refractivity contribution is 14.0. The number of aliphatic imine (C=N–C) groups is 1. The number of hydrogen-bond acceptors (Lipinski definition) is 1. The maximum atomic E-state index is 4.23. The van der Waals surface area contributed by atoms with Crippen molar-refractivity contribution in [3.63, 3.8) is 0 Å². The van der Waals surface area contributed by atoms with Gasteiger partial charge in [0.1, 0.15) is 0 Å². The highest BCUT2D eigenvalue weighted by Gasteiger charge is 2.20. The highest BCUT2D eigenvalue weighted by Crippen LogP contribution is 2.31. The lowest BCUT2D eigenvalue weighted by Crippen LogP contribution is -2.38. The zero-order valence-electron chi connectivity index (χ0n) is 11.6. The first-order valence-electron chi connectivity index (χ1n) is 6.87. The zero-order valence-corrected chi connectivity index (χ0v) is 13.9. The van der Waals surface area contributed by atoms with Crippen LogP contribution in [-0.4, -0.2) is 26.1 Å². The van der Waals surface area contributed by atoms with Gasteiger partial charge in [0.2, 0.25) is 0 Å². The minimum Gasteiger partial charge on any atom is -0.356 e. The molecule has 19 heavy (non-hydrogen) atoms. The van der Waals surface area contributed by atoms with Gasteiger partial charge in [-0.2, -0.15) is 0 Å². The van der Waals surface area contributed by atoms with Crippen molar-refractivity contribution in [1.82, 2.24) is 10.6 Å². The van der Waals surface area contributed by atoms with Gasteiger partial charge in [-0.1, -0.05) is 43.2 Å². The van der Waals surface area contributed by atoms with Gasteiger partial charge in [0, 0.05) is 20.1 Å². The lowest BCUT2D eigenvalue weighted by molar-refractivity contribution is 0.684. The molecular formula is C15H24IN3. The maximum absolute atomic E-state index is 4.23.